The third-order valence-corrected chi connectivity index (χ3v) is 2.83. The normalized spacial score (nSPS) is 12.2. The maximum Gasteiger partial charge on any atom is 0.142 e. The van der Waals surface area contributed by atoms with Crippen LogP contribution in [0.1, 0.15) is 17.5 Å². The molecule has 0 amide bonds. The Morgan fingerprint density at radius 2 is 2.06 bits per heavy atom. The first-order valence-electron chi connectivity index (χ1n) is 5.54. The van der Waals surface area contributed by atoms with Gasteiger partial charge in [-0.1, -0.05) is 0 Å². The minimum absolute atomic E-state index is 0.557. The van der Waals surface area contributed by atoms with E-state index in [4.69, 9.17) is 9.47 Å². The van der Waals surface area contributed by atoms with Gasteiger partial charge in [-0.25, -0.2) is 4.98 Å². The van der Waals surface area contributed by atoms with Crippen molar-refractivity contribution in [3.63, 3.8) is 0 Å². The Kier molecular flexibility index (Phi) is 3.53. The van der Waals surface area contributed by atoms with E-state index in [-0.39, 0.29) is 0 Å². The fraction of sp³-hybridized carbons (Fsp3) is 0.308. The zero-order chi connectivity index (χ0) is 13.1. The van der Waals surface area contributed by atoms with Crippen molar-refractivity contribution < 1.29 is 14.6 Å². The number of hydrogen-bond donors (Lipinski definition) is 1. The fourth-order valence-electron chi connectivity index (χ4n) is 1.83. The molecule has 0 radical (unpaired) electrons. The molecule has 18 heavy (non-hydrogen) atoms. The molecule has 0 spiro atoms. The highest BCUT2D eigenvalue weighted by molar-refractivity contribution is 5.43. The molecular formula is C13H16N2O3. The lowest BCUT2D eigenvalue weighted by molar-refractivity contribution is 0.200. The van der Waals surface area contributed by atoms with Crippen LogP contribution in [0.2, 0.25) is 0 Å². The lowest BCUT2D eigenvalue weighted by Crippen LogP contribution is -2.08. The standard InChI is InChI=1S/C13H16N2O3/c1-15-7-6-14-13(15)12(16)10-8-9(17-2)4-5-11(10)18-3/h4-8,12,16H,1-3H3/t12-/m0/s1. The van der Waals surface area contributed by atoms with Crippen LogP contribution >= 0.6 is 0 Å². The number of nitrogens with zero attached hydrogens (tertiary/aromatic N) is 2. The number of aliphatic hydroxyl groups excluding tert-OH is 1. The Morgan fingerprint density at radius 1 is 1.28 bits per heavy atom. The molecule has 5 nitrogen and oxygen atoms in total. The van der Waals surface area contributed by atoms with Crippen LogP contribution in [0.25, 0.3) is 0 Å². The molecule has 0 unspecified atom stereocenters. The summed E-state index contributed by atoms with van der Waals surface area (Å²) in [4.78, 5) is 4.14. The van der Waals surface area contributed by atoms with Gasteiger partial charge in [0.2, 0.25) is 0 Å². The van der Waals surface area contributed by atoms with Crippen molar-refractivity contribution in [1.82, 2.24) is 9.55 Å². The number of methoxy groups -OCH3 is 2. The van der Waals surface area contributed by atoms with Gasteiger partial charge in [-0.3, -0.25) is 0 Å². The molecule has 2 aromatic rings. The number of imidazole rings is 1. The quantitative estimate of drug-likeness (QED) is 0.891. The van der Waals surface area contributed by atoms with Crippen LogP contribution in [-0.2, 0) is 7.05 Å². The molecule has 0 aliphatic rings. The summed E-state index contributed by atoms with van der Waals surface area (Å²) < 4.78 is 12.2. The van der Waals surface area contributed by atoms with Crippen LogP contribution in [0.15, 0.2) is 30.6 Å². The smallest absolute Gasteiger partial charge is 0.142 e. The minimum atomic E-state index is -0.852. The van der Waals surface area contributed by atoms with Gasteiger partial charge in [0.15, 0.2) is 0 Å². The molecular weight excluding hydrogens is 232 g/mol. The SMILES string of the molecule is COc1ccc(OC)c([C@H](O)c2nccn2C)c1. The third-order valence-electron chi connectivity index (χ3n) is 2.83. The topological polar surface area (TPSA) is 56.5 Å². The van der Waals surface area contributed by atoms with Gasteiger partial charge in [-0.2, -0.15) is 0 Å². The lowest BCUT2D eigenvalue weighted by atomic mass is 10.1. The molecule has 2 rings (SSSR count). The Balaban J connectivity index is 2.45. The molecule has 1 aromatic heterocycles. The molecule has 1 atom stereocenters. The van der Waals surface area contributed by atoms with Crippen molar-refractivity contribution in [2.75, 3.05) is 14.2 Å². The summed E-state index contributed by atoms with van der Waals surface area (Å²) in [6.07, 6.45) is 2.58. The van der Waals surface area contributed by atoms with Crippen LogP contribution in [0.3, 0.4) is 0 Å². The Hall–Kier alpha value is -2.01. The average molecular weight is 248 g/mol. The highest BCUT2D eigenvalue weighted by Crippen LogP contribution is 2.32. The molecule has 0 saturated heterocycles. The average Bonchev–Trinajstić information content (AvgIpc) is 2.83. The van der Waals surface area contributed by atoms with E-state index in [1.165, 1.54) is 0 Å². The molecule has 0 fully saturated rings. The summed E-state index contributed by atoms with van der Waals surface area (Å²) >= 11 is 0. The monoisotopic (exact) mass is 248 g/mol. The van der Waals surface area contributed by atoms with Crippen molar-refractivity contribution in [1.29, 1.82) is 0 Å². The zero-order valence-corrected chi connectivity index (χ0v) is 10.6. The van der Waals surface area contributed by atoms with Gasteiger partial charge in [0.05, 0.1) is 14.2 Å². The second-order valence-electron chi connectivity index (χ2n) is 3.91. The molecule has 96 valence electrons. The predicted molar refractivity (Wildman–Crippen MR) is 66.8 cm³/mol. The fourth-order valence-corrected chi connectivity index (χ4v) is 1.83. The first kappa shape index (κ1) is 12.4. The summed E-state index contributed by atoms with van der Waals surface area (Å²) in [7, 11) is 4.98. The van der Waals surface area contributed by atoms with Gasteiger partial charge in [0.1, 0.15) is 23.4 Å². The minimum Gasteiger partial charge on any atom is -0.497 e. The second-order valence-corrected chi connectivity index (χ2v) is 3.91. The van der Waals surface area contributed by atoms with Crippen LogP contribution in [0.5, 0.6) is 11.5 Å². The number of benzene rings is 1. The van der Waals surface area contributed by atoms with Crippen LogP contribution < -0.4 is 9.47 Å². The zero-order valence-electron chi connectivity index (χ0n) is 10.6. The highest BCUT2D eigenvalue weighted by atomic mass is 16.5. The summed E-state index contributed by atoms with van der Waals surface area (Å²) in [6.45, 7) is 0. The van der Waals surface area contributed by atoms with Gasteiger partial charge in [0, 0.05) is 25.0 Å². The molecule has 0 bridgehead atoms. The molecule has 0 aliphatic heterocycles. The van der Waals surface area contributed by atoms with Crippen molar-refractivity contribution in [2.45, 2.75) is 6.10 Å². The Bertz CT molecular complexity index is 537. The van der Waals surface area contributed by atoms with E-state index in [0.717, 1.165) is 0 Å². The summed E-state index contributed by atoms with van der Waals surface area (Å²) in [5, 5.41) is 10.4. The van der Waals surface area contributed by atoms with E-state index >= 15 is 0 Å². The van der Waals surface area contributed by atoms with Crippen molar-refractivity contribution in [2.24, 2.45) is 7.05 Å². The maximum atomic E-state index is 10.4. The molecule has 5 heteroatoms. The third kappa shape index (κ3) is 2.17. The van der Waals surface area contributed by atoms with Gasteiger partial charge < -0.3 is 19.1 Å². The van der Waals surface area contributed by atoms with Gasteiger partial charge >= 0.3 is 0 Å². The number of ether oxygens (including phenoxy) is 2. The molecule has 1 N–H and O–H groups in total. The molecule has 1 aromatic carbocycles. The number of hydrogen-bond acceptors (Lipinski definition) is 4. The maximum absolute atomic E-state index is 10.4. The largest absolute Gasteiger partial charge is 0.497 e. The Labute approximate surface area is 106 Å². The summed E-state index contributed by atoms with van der Waals surface area (Å²) in [5.74, 6) is 1.83. The van der Waals surface area contributed by atoms with E-state index < -0.39 is 6.10 Å². The number of rotatable bonds is 4. The van der Waals surface area contributed by atoms with Crippen molar-refractivity contribution in [3.05, 3.63) is 42.0 Å². The number of aliphatic hydroxyl groups is 1. The van der Waals surface area contributed by atoms with Crippen LogP contribution in [0.4, 0.5) is 0 Å². The van der Waals surface area contributed by atoms with Gasteiger partial charge in [0.25, 0.3) is 0 Å². The first-order chi connectivity index (χ1) is 8.67. The molecule has 0 saturated carbocycles. The molecule has 0 aliphatic carbocycles. The Morgan fingerprint density at radius 3 is 2.61 bits per heavy atom. The van der Waals surface area contributed by atoms with Crippen molar-refractivity contribution in [3.8, 4) is 11.5 Å². The number of aromatic nitrogens is 2. The first-order valence-corrected chi connectivity index (χ1v) is 5.54. The van der Waals surface area contributed by atoms with E-state index in [1.807, 2.05) is 7.05 Å². The summed E-state index contributed by atoms with van der Waals surface area (Å²) in [5.41, 5.74) is 0.631. The van der Waals surface area contributed by atoms with Gasteiger partial charge in [-0.15, -0.1) is 0 Å². The van der Waals surface area contributed by atoms with E-state index in [1.54, 1.807) is 49.4 Å². The number of aryl methyl sites for hydroxylation is 1. The van der Waals surface area contributed by atoms with E-state index in [0.29, 0.717) is 22.9 Å². The van der Waals surface area contributed by atoms with E-state index in [2.05, 4.69) is 4.98 Å². The van der Waals surface area contributed by atoms with E-state index in [9.17, 15) is 5.11 Å². The molecule has 1 heterocycles. The van der Waals surface area contributed by atoms with Gasteiger partial charge in [-0.05, 0) is 18.2 Å². The van der Waals surface area contributed by atoms with Crippen molar-refractivity contribution >= 4 is 0 Å². The predicted octanol–water partition coefficient (Wildman–Crippen LogP) is 1.52. The second kappa shape index (κ2) is 5.10. The van der Waals surface area contributed by atoms with Crippen LogP contribution in [0, 0.1) is 0 Å². The highest BCUT2D eigenvalue weighted by Gasteiger charge is 2.19. The lowest BCUT2D eigenvalue weighted by Gasteiger charge is -2.15. The van der Waals surface area contributed by atoms with Crippen LogP contribution in [-0.4, -0.2) is 28.9 Å². The summed E-state index contributed by atoms with van der Waals surface area (Å²) in [6, 6.07) is 5.30.